The molecule has 3 nitrogen and oxygen atoms in total. The Morgan fingerprint density at radius 1 is 1.28 bits per heavy atom. The largest absolute Gasteiger partial charge is 0.492 e. The molecule has 0 heterocycles. The van der Waals surface area contributed by atoms with E-state index >= 15 is 0 Å². The van der Waals surface area contributed by atoms with Gasteiger partial charge in [-0.15, -0.1) is 0 Å². The van der Waals surface area contributed by atoms with Crippen LogP contribution in [0.25, 0.3) is 0 Å². The Hall–Kier alpha value is -1.03. The number of benzene rings is 1. The van der Waals surface area contributed by atoms with Crippen molar-refractivity contribution in [3.63, 3.8) is 0 Å². The Morgan fingerprint density at radius 2 is 2.04 bits per heavy atom. The number of nitrogens with one attached hydrogen (secondary N) is 1. The molecule has 1 aromatic rings. The molecule has 0 spiro atoms. The Bertz CT molecular complexity index is 645. The molecule has 4 bridgehead atoms. The van der Waals surface area contributed by atoms with Crippen molar-refractivity contribution in [2.24, 2.45) is 17.3 Å². The average Bonchev–Trinajstić information content (AvgIpc) is 2.48. The van der Waals surface area contributed by atoms with Gasteiger partial charge in [-0.1, -0.05) is 28.1 Å². The third-order valence-electron chi connectivity index (χ3n) is 6.33. The minimum absolute atomic E-state index is 0.200. The van der Waals surface area contributed by atoms with Crippen LogP contribution in [-0.4, -0.2) is 23.4 Å². The number of carbonyl (C=O) groups is 1. The average molecular weight is 406 g/mol. The van der Waals surface area contributed by atoms with Crippen LogP contribution < -0.4 is 10.1 Å². The molecule has 0 radical (unpaired) electrons. The monoisotopic (exact) mass is 405 g/mol. The molecule has 5 rings (SSSR count). The zero-order chi connectivity index (χ0) is 17.5. The first-order chi connectivity index (χ1) is 11.9. The smallest absolute Gasteiger partial charge is 0.220 e. The normalized spacial score (nSPS) is 35.6. The Morgan fingerprint density at radius 3 is 2.72 bits per heavy atom. The quantitative estimate of drug-likeness (QED) is 0.553. The summed E-state index contributed by atoms with van der Waals surface area (Å²) in [6, 6.07) is 8.02. The van der Waals surface area contributed by atoms with Gasteiger partial charge in [-0.2, -0.15) is 0 Å². The first-order valence-corrected chi connectivity index (χ1v) is 10.4. The molecule has 25 heavy (non-hydrogen) atoms. The van der Waals surface area contributed by atoms with Crippen molar-refractivity contribution in [2.75, 3.05) is 13.2 Å². The summed E-state index contributed by atoms with van der Waals surface area (Å²) in [6.45, 7) is 3.15. The van der Waals surface area contributed by atoms with Gasteiger partial charge in [0, 0.05) is 10.7 Å². The van der Waals surface area contributed by atoms with Gasteiger partial charge in [0.15, 0.2) is 0 Å². The van der Waals surface area contributed by atoms with Gasteiger partial charge in [0.1, 0.15) is 12.4 Å². The lowest BCUT2D eigenvalue weighted by atomic mass is 9.48. The van der Waals surface area contributed by atoms with Gasteiger partial charge in [-0.05, 0) is 80.4 Å². The van der Waals surface area contributed by atoms with E-state index in [1.807, 2.05) is 18.2 Å². The summed E-state index contributed by atoms with van der Waals surface area (Å²) in [6.07, 6.45) is 8.40. The maximum Gasteiger partial charge on any atom is 0.220 e. The fourth-order valence-corrected chi connectivity index (χ4v) is 7.52. The summed E-state index contributed by atoms with van der Waals surface area (Å²) in [7, 11) is 0. The molecule has 0 saturated heterocycles. The number of halogens is 1. The second-order valence-corrected chi connectivity index (χ2v) is 10.5. The molecule has 2 unspecified atom stereocenters. The van der Waals surface area contributed by atoms with Crippen molar-refractivity contribution >= 4 is 21.8 Å². The Kier molecular flexibility index (Phi) is 4.59. The van der Waals surface area contributed by atoms with E-state index < -0.39 is 0 Å². The highest BCUT2D eigenvalue weighted by Crippen LogP contribution is 2.65. The maximum atomic E-state index is 12.5. The highest BCUT2D eigenvalue weighted by Gasteiger charge is 2.57. The Balaban J connectivity index is 1.25. The molecule has 4 fully saturated rings. The fraction of sp³-hybridized carbons (Fsp3) is 0.667. The van der Waals surface area contributed by atoms with Crippen molar-refractivity contribution in [3.8, 4) is 5.75 Å². The van der Waals surface area contributed by atoms with E-state index in [1.165, 1.54) is 44.1 Å². The van der Waals surface area contributed by atoms with Gasteiger partial charge in [0.25, 0.3) is 0 Å². The standard InChI is InChI=1S/C21H28BrNO2/c1-15-3-2-4-18(7-15)25-6-5-23-19(24)13-20-9-16-8-17(10-20)12-21(22,11-16)14-20/h2-4,7,16-17H,5-6,8-14H2,1H3,(H,23,24). The molecule has 0 aromatic heterocycles. The zero-order valence-electron chi connectivity index (χ0n) is 15.0. The topological polar surface area (TPSA) is 38.3 Å². The third-order valence-corrected chi connectivity index (χ3v) is 7.26. The minimum Gasteiger partial charge on any atom is -0.492 e. The maximum absolute atomic E-state index is 12.5. The molecule has 2 atom stereocenters. The molecule has 4 aliphatic rings. The number of hydrogen-bond acceptors (Lipinski definition) is 2. The van der Waals surface area contributed by atoms with Gasteiger partial charge >= 0.3 is 0 Å². The molecular weight excluding hydrogens is 378 g/mol. The van der Waals surface area contributed by atoms with Gasteiger partial charge in [0.2, 0.25) is 5.91 Å². The van der Waals surface area contributed by atoms with Crippen LogP contribution in [0.2, 0.25) is 0 Å². The highest BCUT2D eigenvalue weighted by molar-refractivity contribution is 9.10. The van der Waals surface area contributed by atoms with Gasteiger partial charge in [-0.25, -0.2) is 0 Å². The van der Waals surface area contributed by atoms with Crippen LogP contribution in [0.5, 0.6) is 5.75 Å². The van der Waals surface area contributed by atoms with Crippen LogP contribution in [0.3, 0.4) is 0 Å². The zero-order valence-corrected chi connectivity index (χ0v) is 16.6. The second kappa shape index (κ2) is 6.61. The van der Waals surface area contributed by atoms with Crippen molar-refractivity contribution in [2.45, 2.75) is 56.2 Å². The molecule has 0 aliphatic heterocycles. The number of amides is 1. The summed E-state index contributed by atoms with van der Waals surface area (Å²) < 4.78 is 6.05. The van der Waals surface area contributed by atoms with E-state index in [1.54, 1.807) is 0 Å². The predicted octanol–water partition coefficient (Wildman–Crippen LogP) is 4.61. The van der Waals surface area contributed by atoms with E-state index in [9.17, 15) is 4.79 Å². The molecule has 1 amide bonds. The van der Waals surface area contributed by atoms with Crippen molar-refractivity contribution < 1.29 is 9.53 Å². The summed E-state index contributed by atoms with van der Waals surface area (Å²) in [5.74, 6) is 2.73. The van der Waals surface area contributed by atoms with Crippen LogP contribution in [0.4, 0.5) is 0 Å². The van der Waals surface area contributed by atoms with Gasteiger partial charge < -0.3 is 10.1 Å². The molecule has 4 saturated carbocycles. The highest BCUT2D eigenvalue weighted by atomic mass is 79.9. The first kappa shape index (κ1) is 17.4. The van der Waals surface area contributed by atoms with Crippen LogP contribution >= 0.6 is 15.9 Å². The van der Waals surface area contributed by atoms with E-state index in [-0.39, 0.29) is 11.3 Å². The van der Waals surface area contributed by atoms with E-state index in [2.05, 4.69) is 34.2 Å². The number of aryl methyl sites for hydroxylation is 1. The van der Waals surface area contributed by atoms with Crippen LogP contribution in [-0.2, 0) is 4.79 Å². The molecule has 4 heteroatoms. The lowest BCUT2D eigenvalue weighted by molar-refractivity contribution is -0.128. The van der Waals surface area contributed by atoms with Crippen LogP contribution in [0.1, 0.15) is 50.5 Å². The Labute approximate surface area is 159 Å². The number of hydrogen-bond donors (Lipinski definition) is 1. The number of ether oxygens (including phenoxy) is 1. The number of rotatable bonds is 6. The first-order valence-electron chi connectivity index (χ1n) is 9.59. The van der Waals surface area contributed by atoms with Crippen molar-refractivity contribution in [1.29, 1.82) is 0 Å². The fourth-order valence-electron chi connectivity index (χ4n) is 6.01. The summed E-state index contributed by atoms with van der Waals surface area (Å²) in [4.78, 5) is 12.5. The molecule has 4 aliphatic carbocycles. The molecular formula is C21H28BrNO2. The van der Waals surface area contributed by atoms with E-state index in [0.29, 0.717) is 23.9 Å². The van der Waals surface area contributed by atoms with E-state index in [0.717, 1.165) is 17.6 Å². The molecule has 1 aromatic carbocycles. The van der Waals surface area contributed by atoms with Crippen LogP contribution in [0.15, 0.2) is 24.3 Å². The van der Waals surface area contributed by atoms with Gasteiger partial charge in [-0.3, -0.25) is 4.79 Å². The second-order valence-electron chi connectivity index (χ2n) is 8.80. The lowest BCUT2D eigenvalue weighted by Crippen LogP contribution is -2.54. The summed E-state index contributed by atoms with van der Waals surface area (Å²) in [5.41, 5.74) is 1.43. The predicted molar refractivity (Wildman–Crippen MR) is 103 cm³/mol. The van der Waals surface area contributed by atoms with Crippen molar-refractivity contribution in [3.05, 3.63) is 29.8 Å². The van der Waals surface area contributed by atoms with Gasteiger partial charge in [0.05, 0.1) is 6.54 Å². The number of carbonyl (C=O) groups excluding carboxylic acids is 1. The van der Waals surface area contributed by atoms with Crippen molar-refractivity contribution in [1.82, 2.24) is 5.32 Å². The lowest BCUT2D eigenvalue weighted by Gasteiger charge is -2.60. The molecule has 136 valence electrons. The van der Waals surface area contributed by atoms with Crippen LogP contribution in [0, 0.1) is 24.2 Å². The van der Waals surface area contributed by atoms with E-state index in [4.69, 9.17) is 4.74 Å². The third kappa shape index (κ3) is 3.89. The number of alkyl halides is 1. The molecule has 1 N–H and O–H groups in total. The minimum atomic E-state index is 0.200. The summed E-state index contributed by atoms with van der Waals surface area (Å²) in [5, 5.41) is 3.08. The summed E-state index contributed by atoms with van der Waals surface area (Å²) >= 11 is 4.03. The SMILES string of the molecule is Cc1cccc(OCCNC(=O)CC23CC4CC(CC(Br)(C4)C2)C3)c1.